The van der Waals surface area contributed by atoms with Crippen LogP contribution in [0, 0.1) is 10.1 Å². The molecule has 0 heterocycles. The van der Waals surface area contributed by atoms with E-state index in [4.69, 9.17) is 15.3 Å². The maximum absolute atomic E-state index is 11.8. The normalized spacial score (nSPS) is 11.2. The molecule has 0 aliphatic rings. The molecule has 4 N–H and O–H groups in total. The minimum atomic E-state index is -1.54. The Balaban J connectivity index is 2.84. The van der Waals surface area contributed by atoms with Gasteiger partial charge in [-0.3, -0.25) is 14.9 Å². The zero-order valence-electron chi connectivity index (χ0n) is 10.7. The van der Waals surface area contributed by atoms with E-state index in [1.165, 1.54) is 18.2 Å². The van der Waals surface area contributed by atoms with Crippen molar-refractivity contribution < 1.29 is 25.0 Å². The molecule has 0 saturated heterocycles. The van der Waals surface area contributed by atoms with Crippen molar-refractivity contribution in [2.24, 2.45) is 0 Å². The minimum Gasteiger partial charge on any atom is -0.394 e. The topological polar surface area (TPSA) is 133 Å². The van der Waals surface area contributed by atoms with Crippen molar-refractivity contribution in [2.75, 3.05) is 19.8 Å². The third kappa shape index (κ3) is 3.73. The van der Waals surface area contributed by atoms with Gasteiger partial charge in [0, 0.05) is 11.6 Å². The predicted octanol–water partition coefficient (Wildman–Crippen LogP) is -1.03. The van der Waals surface area contributed by atoms with Crippen molar-refractivity contribution in [3.8, 4) is 0 Å². The molecular weight excluding hydrogens is 268 g/mol. The zero-order chi connectivity index (χ0) is 15.2. The first kappa shape index (κ1) is 16.0. The highest BCUT2D eigenvalue weighted by Crippen LogP contribution is 2.18. The number of amides is 1. The number of para-hydroxylation sites is 1. The average Bonchev–Trinajstić information content (AvgIpc) is 2.45. The maximum Gasteiger partial charge on any atom is 0.273 e. The number of nitro groups is 1. The molecule has 8 nitrogen and oxygen atoms in total. The van der Waals surface area contributed by atoms with E-state index >= 15 is 0 Å². The lowest BCUT2D eigenvalue weighted by atomic mass is 10.0. The van der Waals surface area contributed by atoms with Gasteiger partial charge in [-0.2, -0.15) is 0 Å². The van der Waals surface area contributed by atoms with Gasteiger partial charge in [-0.1, -0.05) is 18.2 Å². The Morgan fingerprint density at radius 2 is 1.75 bits per heavy atom. The molecule has 0 saturated carbocycles. The van der Waals surface area contributed by atoms with Crippen molar-refractivity contribution in [1.29, 1.82) is 0 Å². The second-order valence-electron chi connectivity index (χ2n) is 4.37. The Morgan fingerprint density at radius 3 is 2.25 bits per heavy atom. The van der Waals surface area contributed by atoms with Crippen LogP contribution in [0.3, 0.4) is 0 Å². The first-order chi connectivity index (χ1) is 9.48. The molecule has 0 fully saturated rings. The molecular formula is C12H16N2O6. The molecule has 0 bridgehead atoms. The van der Waals surface area contributed by atoms with E-state index < -0.39 is 36.2 Å². The number of carbonyl (C=O) groups excluding carboxylic acids is 1. The SMILES string of the molecule is O=C(Cc1ccccc1[N+](=O)[O-])NC(CO)(CO)CO. The highest BCUT2D eigenvalue weighted by atomic mass is 16.6. The lowest BCUT2D eigenvalue weighted by Gasteiger charge is -2.28. The summed E-state index contributed by atoms with van der Waals surface area (Å²) < 4.78 is 0. The number of aliphatic hydroxyl groups excluding tert-OH is 3. The van der Waals surface area contributed by atoms with Gasteiger partial charge in [0.05, 0.1) is 31.2 Å². The average molecular weight is 284 g/mol. The third-order valence-corrected chi connectivity index (χ3v) is 2.85. The lowest BCUT2D eigenvalue weighted by Crippen LogP contribution is -2.57. The molecule has 0 radical (unpaired) electrons. The van der Waals surface area contributed by atoms with E-state index in [9.17, 15) is 14.9 Å². The number of rotatable bonds is 7. The number of aliphatic hydroxyl groups is 3. The molecule has 1 rings (SSSR count). The Hall–Kier alpha value is -2.03. The first-order valence-corrected chi connectivity index (χ1v) is 5.84. The fraction of sp³-hybridized carbons (Fsp3) is 0.417. The number of nitro benzene ring substituents is 1. The van der Waals surface area contributed by atoms with Gasteiger partial charge in [0.2, 0.25) is 5.91 Å². The standard InChI is InChI=1S/C12H16N2O6/c15-6-12(7-16,8-17)13-11(18)5-9-3-1-2-4-10(9)14(19)20/h1-4,15-17H,5-8H2,(H,13,18). The van der Waals surface area contributed by atoms with E-state index in [0.29, 0.717) is 0 Å². The molecule has 0 unspecified atom stereocenters. The fourth-order valence-electron chi connectivity index (χ4n) is 1.62. The number of benzene rings is 1. The Labute approximate surface area is 114 Å². The molecule has 0 aliphatic heterocycles. The van der Waals surface area contributed by atoms with Gasteiger partial charge in [-0.25, -0.2) is 0 Å². The Morgan fingerprint density at radius 1 is 1.20 bits per heavy atom. The van der Waals surface area contributed by atoms with E-state index in [0.717, 1.165) is 0 Å². The van der Waals surface area contributed by atoms with E-state index in [1.807, 2.05) is 0 Å². The van der Waals surface area contributed by atoms with Crippen LogP contribution in [-0.4, -0.2) is 51.5 Å². The van der Waals surface area contributed by atoms with Crippen molar-refractivity contribution >= 4 is 11.6 Å². The van der Waals surface area contributed by atoms with Gasteiger partial charge < -0.3 is 20.6 Å². The van der Waals surface area contributed by atoms with Gasteiger partial charge >= 0.3 is 0 Å². The summed E-state index contributed by atoms with van der Waals surface area (Å²) in [5.74, 6) is -0.642. The summed E-state index contributed by atoms with van der Waals surface area (Å²) in [7, 11) is 0. The summed E-state index contributed by atoms with van der Waals surface area (Å²) in [6.07, 6.45) is -0.293. The number of nitrogens with zero attached hydrogens (tertiary/aromatic N) is 1. The highest BCUT2D eigenvalue weighted by Gasteiger charge is 2.30. The van der Waals surface area contributed by atoms with Gasteiger partial charge in [-0.15, -0.1) is 0 Å². The van der Waals surface area contributed by atoms with Crippen molar-refractivity contribution in [1.82, 2.24) is 5.32 Å². The van der Waals surface area contributed by atoms with Crippen LogP contribution in [0.2, 0.25) is 0 Å². The molecule has 110 valence electrons. The lowest BCUT2D eigenvalue weighted by molar-refractivity contribution is -0.385. The largest absolute Gasteiger partial charge is 0.394 e. The molecule has 0 aliphatic carbocycles. The first-order valence-electron chi connectivity index (χ1n) is 5.84. The van der Waals surface area contributed by atoms with Crippen LogP contribution in [0.1, 0.15) is 5.56 Å². The van der Waals surface area contributed by atoms with Crippen LogP contribution in [0.15, 0.2) is 24.3 Å². The van der Waals surface area contributed by atoms with E-state index in [1.54, 1.807) is 6.07 Å². The van der Waals surface area contributed by atoms with Crippen molar-refractivity contribution in [2.45, 2.75) is 12.0 Å². The number of carbonyl (C=O) groups is 1. The molecule has 0 aromatic heterocycles. The molecule has 0 atom stereocenters. The highest BCUT2D eigenvalue weighted by molar-refractivity contribution is 5.80. The van der Waals surface area contributed by atoms with Crippen LogP contribution in [0.25, 0.3) is 0 Å². The van der Waals surface area contributed by atoms with Crippen LogP contribution < -0.4 is 5.32 Å². The Kier molecular flexibility index (Phi) is 5.56. The van der Waals surface area contributed by atoms with Gasteiger partial charge in [0.1, 0.15) is 5.54 Å². The van der Waals surface area contributed by atoms with Gasteiger partial charge in [-0.05, 0) is 0 Å². The zero-order valence-corrected chi connectivity index (χ0v) is 10.7. The number of hydrogen-bond acceptors (Lipinski definition) is 6. The minimum absolute atomic E-state index is 0.190. The molecule has 8 heteroatoms. The second kappa shape index (κ2) is 6.94. The summed E-state index contributed by atoms with van der Waals surface area (Å²) in [6, 6.07) is 5.77. The molecule has 1 aromatic carbocycles. The molecule has 0 spiro atoms. The van der Waals surface area contributed by atoms with Crippen molar-refractivity contribution in [3.05, 3.63) is 39.9 Å². The van der Waals surface area contributed by atoms with Gasteiger partial charge in [0.25, 0.3) is 5.69 Å². The van der Waals surface area contributed by atoms with Crippen LogP contribution >= 0.6 is 0 Å². The number of hydrogen-bond donors (Lipinski definition) is 4. The summed E-state index contributed by atoms with van der Waals surface area (Å²) in [6.45, 7) is -1.95. The maximum atomic E-state index is 11.8. The summed E-state index contributed by atoms with van der Waals surface area (Å²) >= 11 is 0. The quantitative estimate of drug-likeness (QED) is 0.374. The third-order valence-electron chi connectivity index (χ3n) is 2.85. The van der Waals surface area contributed by atoms with Crippen molar-refractivity contribution in [3.63, 3.8) is 0 Å². The summed E-state index contributed by atoms with van der Waals surface area (Å²) in [5.41, 5.74) is -1.52. The van der Waals surface area contributed by atoms with Crippen LogP contribution in [0.4, 0.5) is 5.69 Å². The second-order valence-corrected chi connectivity index (χ2v) is 4.37. The molecule has 1 amide bonds. The van der Waals surface area contributed by atoms with Crippen LogP contribution in [0.5, 0.6) is 0 Å². The van der Waals surface area contributed by atoms with Gasteiger partial charge in [0.15, 0.2) is 0 Å². The smallest absolute Gasteiger partial charge is 0.273 e. The summed E-state index contributed by atoms with van der Waals surface area (Å²) in [5, 5.41) is 40.4. The van der Waals surface area contributed by atoms with Crippen LogP contribution in [-0.2, 0) is 11.2 Å². The van der Waals surface area contributed by atoms with E-state index in [2.05, 4.69) is 5.32 Å². The summed E-state index contributed by atoms with van der Waals surface area (Å²) in [4.78, 5) is 22.0. The van der Waals surface area contributed by atoms with E-state index in [-0.39, 0.29) is 17.7 Å². The molecule has 1 aromatic rings. The molecule has 20 heavy (non-hydrogen) atoms. The number of nitrogens with one attached hydrogen (secondary N) is 1. The Bertz CT molecular complexity index is 478. The predicted molar refractivity (Wildman–Crippen MR) is 68.9 cm³/mol. The monoisotopic (exact) mass is 284 g/mol. The fourth-order valence-corrected chi connectivity index (χ4v) is 1.62.